The molecule has 0 aromatic carbocycles. The lowest BCUT2D eigenvalue weighted by atomic mass is 10.1. The van der Waals surface area contributed by atoms with Gasteiger partial charge >= 0.3 is 0 Å². The second-order valence-electron chi connectivity index (χ2n) is 9.01. The van der Waals surface area contributed by atoms with E-state index in [0.29, 0.717) is 30.4 Å². The highest BCUT2D eigenvalue weighted by molar-refractivity contribution is 5.82. The molecule has 172 valence electrons. The van der Waals surface area contributed by atoms with Crippen LogP contribution in [-0.4, -0.2) is 59.0 Å². The first kappa shape index (κ1) is 23.4. The first-order chi connectivity index (χ1) is 15.1. The zero-order chi connectivity index (χ0) is 23.3. The smallest absolute Gasteiger partial charge is 0.239 e. The van der Waals surface area contributed by atoms with Crippen molar-refractivity contribution in [1.82, 2.24) is 25.6 Å². The largest absolute Gasteiger partial charge is 0.492 e. The van der Waals surface area contributed by atoms with Crippen LogP contribution in [0.1, 0.15) is 45.4 Å². The second kappa shape index (κ2) is 9.93. The third kappa shape index (κ3) is 6.38. The van der Waals surface area contributed by atoms with E-state index in [-0.39, 0.29) is 23.9 Å². The number of ether oxygens (including phenoxy) is 1. The number of likely N-dealkylation sites (N-methyl/N-ethyl adjacent to an activating group) is 1. The summed E-state index contributed by atoms with van der Waals surface area (Å²) in [4.78, 5) is 39.3. The Morgan fingerprint density at radius 2 is 2.00 bits per heavy atom. The summed E-state index contributed by atoms with van der Waals surface area (Å²) in [6.07, 6.45) is 4.45. The number of aromatic nitrogens is 3. The average molecular weight is 441 g/mol. The van der Waals surface area contributed by atoms with Gasteiger partial charge in [0.15, 0.2) is 5.82 Å². The molecule has 2 aromatic heterocycles. The van der Waals surface area contributed by atoms with Crippen LogP contribution in [0.2, 0.25) is 0 Å². The quantitative estimate of drug-likeness (QED) is 0.603. The summed E-state index contributed by atoms with van der Waals surface area (Å²) in [5, 5.41) is 5.69. The summed E-state index contributed by atoms with van der Waals surface area (Å²) < 4.78 is 5.71. The maximum Gasteiger partial charge on any atom is 0.239 e. The summed E-state index contributed by atoms with van der Waals surface area (Å²) in [5.74, 6) is 1.76. The van der Waals surface area contributed by atoms with Crippen molar-refractivity contribution in [3.63, 3.8) is 0 Å². The van der Waals surface area contributed by atoms with Crippen LogP contribution >= 0.6 is 0 Å². The topological polar surface area (TPSA) is 109 Å². The van der Waals surface area contributed by atoms with Crippen molar-refractivity contribution >= 4 is 17.6 Å². The minimum Gasteiger partial charge on any atom is -0.492 e. The molecule has 0 saturated carbocycles. The molecule has 0 aliphatic heterocycles. The van der Waals surface area contributed by atoms with Crippen molar-refractivity contribution in [3.8, 4) is 17.3 Å². The van der Waals surface area contributed by atoms with Gasteiger partial charge in [0.1, 0.15) is 23.9 Å². The van der Waals surface area contributed by atoms with E-state index >= 15 is 0 Å². The predicted octanol–water partition coefficient (Wildman–Crippen LogP) is 1.89. The minimum atomic E-state index is -0.291. The molecular weight excluding hydrogens is 408 g/mol. The first-order valence-electron chi connectivity index (χ1n) is 10.9. The van der Waals surface area contributed by atoms with Crippen LogP contribution in [0.3, 0.4) is 0 Å². The number of nitrogens with zero attached hydrogens (tertiary/aromatic N) is 4. The van der Waals surface area contributed by atoms with Crippen molar-refractivity contribution < 1.29 is 14.3 Å². The van der Waals surface area contributed by atoms with Crippen molar-refractivity contribution in [1.29, 1.82) is 0 Å². The van der Waals surface area contributed by atoms with Crippen molar-refractivity contribution in [2.45, 2.75) is 52.5 Å². The molecule has 0 fully saturated rings. The predicted molar refractivity (Wildman–Crippen MR) is 123 cm³/mol. The zero-order valence-corrected chi connectivity index (χ0v) is 19.5. The first-order valence-corrected chi connectivity index (χ1v) is 10.9. The Bertz CT molecular complexity index is 986. The highest BCUT2D eigenvalue weighted by atomic mass is 16.5. The highest BCUT2D eigenvalue weighted by Gasteiger charge is 2.24. The number of rotatable bonds is 8. The molecule has 0 spiro atoms. The Morgan fingerprint density at radius 1 is 1.22 bits per heavy atom. The Hall–Kier alpha value is -3.23. The molecule has 0 radical (unpaired) electrons. The van der Waals surface area contributed by atoms with E-state index in [1.807, 2.05) is 32.7 Å². The lowest BCUT2D eigenvalue weighted by Gasteiger charge is -2.25. The minimum absolute atomic E-state index is 0.0559. The molecule has 0 saturated heterocycles. The van der Waals surface area contributed by atoms with Crippen LogP contribution in [0.25, 0.3) is 11.5 Å². The van der Waals surface area contributed by atoms with Crippen LogP contribution in [-0.2, 0) is 22.4 Å². The summed E-state index contributed by atoms with van der Waals surface area (Å²) in [6.45, 7) is 8.34. The highest BCUT2D eigenvalue weighted by Crippen LogP contribution is 2.31. The van der Waals surface area contributed by atoms with Gasteiger partial charge in [-0.15, -0.1) is 0 Å². The monoisotopic (exact) mass is 440 g/mol. The molecule has 9 heteroatoms. The number of carbonyl (C=O) groups is 2. The lowest BCUT2D eigenvalue weighted by Crippen LogP contribution is -2.45. The van der Waals surface area contributed by atoms with Crippen molar-refractivity contribution in [3.05, 3.63) is 29.6 Å². The Morgan fingerprint density at radius 3 is 2.72 bits per heavy atom. The van der Waals surface area contributed by atoms with E-state index in [9.17, 15) is 9.59 Å². The number of fused-ring (bicyclic) bond motifs is 1. The molecule has 2 aromatic rings. The molecule has 0 atom stereocenters. The van der Waals surface area contributed by atoms with E-state index < -0.39 is 0 Å². The SMILES string of the molecule is CC(=O)NCCOc1ccnc(-c2nc3c(c(N(C)CC(=O)NC(C)(C)C)n2)CCC3)c1. The Balaban J connectivity index is 1.81. The van der Waals surface area contributed by atoms with Crippen molar-refractivity contribution in [2.24, 2.45) is 0 Å². The molecule has 3 rings (SSSR count). The molecule has 9 nitrogen and oxygen atoms in total. The maximum atomic E-state index is 12.5. The van der Waals surface area contributed by atoms with E-state index in [1.54, 1.807) is 18.3 Å². The van der Waals surface area contributed by atoms with Gasteiger partial charge in [-0.25, -0.2) is 9.97 Å². The van der Waals surface area contributed by atoms with Gasteiger partial charge in [-0.1, -0.05) is 0 Å². The number of pyridine rings is 1. The van der Waals surface area contributed by atoms with Gasteiger partial charge in [-0.3, -0.25) is 14.6 Å². The van der Waals surface area contributed by atoms with Crippen LogP contribution in [0.5, 0.6) is 5.75 Å². The molecule has 2 heterocycles. The number of hydrogen-bond acceptors (Lipinski definition) is 7. The fraction of sp³-hybridized carbons (Fsp3) is 0.522. The molecule has 32 heavy (non-hydrogen) atoms. The fourth-order valence-electron chi connectivity index (χ4n) is 3.61. The van der Waals surface area contributed by atoms with Crippen LogP contribution < -0.4 is 20.3 Å². The molecule has 1 aliphatic carbocycles. The number of anilines is 1. The second-order valence-corrected chi connectivity index (χ2v) is 9.01. The van der Waals surface area contributed by atoms with E-state index in [2.05, 4.69) is 15.6 Å². The summed E-state index contributed by atoms with van der Waals surface area (Å²) in [6, 6.07) is 3.55. The number of amides is 2. The molecule has 2 amide bonds. The molecular formula is C23H32N6O3. The normalized spacial score (nSPS) is 12.8. The number of aryl methyl sites for hydroxylation is 1. The summed E-state index contributed by atoms with van der Waals surface area (Å²) in [5.41, 5.74) is 2.42. The molecule has 2 N–H and O–H groups in total. The molecule has 0 bridgehead atoms. The third-order valence-electron chi connectivity index (χ3n) is 4.87. The van der Waals surface area contributed by atoms with Gasteiger partial charge in [-0.2, -0.15) is 0 Å². The van der Waals surface area contributed by atoms with Gasteiger partial charge in [0, 0.05) is 43.0 Å². The van der Waals surface area contributed by atoms with Crippen molar-refractivity contribution in [2.75, 3.05) is 31.6 Å². The Labute approximate surface area is 189 Å². The Kier molecular flexibility index (Phi) is 7.27. The number of nitrogens with one attached hydrogen (secondary N) is 2. The number of carbonyl (C=O) groups excluding carboxylic acids is 2. The summed E-state index contributed by atoms with van der Waals surface area (Å²) >= 11 is 0. The van der Waals surface area contributed by atoms with Gasteiger partial charge in [-0.05, 0) is 46.1 Å². The van der Waals surface area contributed by atoms with E-state index in [4.69, 9.17) is 14.7 Å². The van der Waals surface area contributed by atoms with Gasteiger partial charge in [0.25, 0.3) is 0 Å². The number of hydrogen-bond donors (Lipinski definition) is 2. The van der Waals surface area contributed by atoms with E-state index in [1.165, 1.54) is 6.92 Å². The van der Waals surface area contributed by atoms with E-state index in [0.717, 1.165) is 36.3 Å². The van der Waals surface area contributed by atoms with Gasteiger partial charge in [0.2, 0.25) is 11.8 Å². The van der Waals surface area contributed by atoms with Crippen LogP contribution in [0.15, 0.2) is 18.3 Å². The fourth-order valence-corrected chi connectivity index (χ4v) is 3.61. The maximum absolute atomic E-state index is 12.5. The summed E-state index contributed by atoms with van der Waals surface area (Å²) in [7, 11) is 1.88. The zero-order valence-electron chi connectivity index (χ0n) is 19.5. The standard InChI is InChI=1S/C23H32N6O3/c1-15(30)24-11-12-32-16-9-10-25-19(13-16)21-26-18-8-6-7-17(18)22(27-21)29(5)14-20(31)28-23(2,3)4/h9-10,13H,6-8,11-12,14H2,1-5H3,(H,24,30)(H,28,31). The molecule has 0 unspecified atom stereocenters. The lowest BCUT2D eigenvalue weighted by molar-refractivity contribution is -0.121. The van der Waals surface area contributed by atoms with Crippen LogP contribution in [0, 0.1) is 0 Å². The molecule has 1 aliphatic rings. The van der Waals surface area contributed by atoms with Gasteiger partial charge < -0.3 is 20.3 Å². The van der Waals surface area contributed by atoms with Gasteiger partial charge in [0.05, 0.1) is 13.1 Å². The third-order valence-corrected chi connectivity index (χ3v) is 4.87. The average Bonchev–Trinajstić information content (AvgIpc) is 3.17. The van der Waals surface area contributed by atoms with Crippen LogP contribution in [0.4, 0.5) is 5.82 Å².